The van der Waals surface area contributed by atoms with Gasteiger partial charge in [-0.05, 0) is 49.4 Å². The number of benzene rings is 1. The number of H-pyrrole nitrogens is 1. The van der Waals surface area contributed by atoms with Crippen LogP contribution in [0, 0.1) is 0 Å². The summed E-state index contributed by atoms with van der Waals surface area (Å²) in [6.45, 7) is 0.130. The Morgan fingerprint density at radius 1 is 1.31 bits per heavy atom. The molecular formula is C19H22ClF3N4O2. The molecule has 3 N–H and O–H groups in total. The fourth-order valence-electron chi connectivity index (χ4n) is 3.59. The van der Waals surface area contributed by atoms with Crippen LogP contribution in [0.3, 0.4) is 0 Å². The summed E-state index contributed by atoms with van der Waals surface area (Å²) in [6, 6.07) is 5.51. The van der Waals surface area contributed by atoms with Gasteiger partial charge in [-0.1, -0.05) is 11.6 Å². The molecule has 6 nitrogen and oxygen atoms in total. The van der Waals surface area contributed by atoms with Crippen LogP contribution >= 0.6 is 11.6 Å². The molecule has 0 radical (unpaired) electrons. The molecule has 1 aliphatic carbocycles. The molecule has 1 aliphatic rings. The molecule has 0 saturated heterocycles. The number of amides is 1. The minimum Gasteiger partial charge on any atom is -0.399 e. The van der Waals surface area contributed by atoms with E-state index in [1.807, 2.05) is 0 Å². The molecule has 10 heteroatoms. The van der Waals surface area contributed by atoms with Crippen molar-refractivity contribution in [2.24, 2.45) is 0 Å². The van der Waals surface area contributed by atoms with Crippen LogP contribution in [0.1, 0.15) is 47.4 Å². The summed E-state index contributed by atoms with van der Waals surface area (Å²) in [5, 5.41) is 5.89. The number of nitrogen functional groups attached to an aromatic ring is 1. The largest absolute Gasteiger partial charge is 0.435 e. The second kappa shape index (κ2) is 8.62. The zero-order valence-electron chi connectivity index (χ0n) is 15.8. The fraction of sp³-hybridized carbons (Fsp3) is 0.474. The summed E-state index contributed by atoms with van der Waals surface area (Å²) in [6.07, 6.45) is -1.66. The lowest BCUT2D eigenvalue weighted by molar-refractivity contribution is -0.141. The first kappa shape index (κ1) is 21.4. The highest BCUT2D eigenvalue weighted by atomic mass is 35.5. The Bertz CT molecular complexity index is 863. The highest BCUT2D eigenvalue weighted by Crippen LogP contribution is 2.31. The number of hydrogen-bond acceptors (Lipinski definition) is 4. The van der Waals surface area contributed by atoms with Gasteiger partial charge in [0.05, 0.1) is 6.10 Å². The summed E-state index contributed by atoms with van der Waals surface area (Å²) in [5.74, 6) is -0.563. The molecular weight excluding hydrogens is 409 g/mol. The van der Waals surface area contributed by atoms with Crippen molar-refractivity contribution in [1.82, 2.24) is 15.1 Å². The van der Waals surface area contributed by atoms with Crippen molar-refractivity contribution in [3.8, 4) is 0 Å². The van der Waals surface area contributed by atoms with E-state index < -0.39 is 17.8 Å². The van der Waals surface area contributed by atoms with Crippen molar-refractivity contribution in [2.75, 3.05) is 12.8 Å². The lowest BCUT2D eigenvalue weighted by Gasteiger charge is -2.36. The van der Waals surface area contributed by atoms with Gasteiger partial charge in [0.15, 0.2) is 5.69 Å². The first-order valence-electron chi connectivity index (χ1n) is 9.19. The molecule has 0 spiro atoms. The number of aromatic amines is 1. The molecule has 3 rings (SSSR count). The fourth-order valence-corrected chi connectivity index (χ4v) is 3.77. The van der Waals surface area contributed by atoms with Gasteiger partial charge in [0.2, 0.25) is 0 Å². The lowest BCUT2D eigenvalue weighted by Crippen LogP contribution is -2.43. The van der Waals surface area contributed by atoms with Gasteiger partial charge in [-0.2, -0.15) is 18.3 Å². The normalized spacial score (nSPS) is 19.9. The Hall–Kier alpha value is -2.26. The number of ether oxygens (including phenoxy) is 1. The van der Waals surface area contributed by atoms with Crippen LogP contribution in [0.15, 0.2) is 24.3 Å². The van der Waals surface area contributed by atoms with Crippen molar-refractivity contribution in [3.05, 3.63) is 46.2 Å². The molecule has 1 amide bonds. The van der Waals surface area contributed by atoms with Crippen LogP contribution in [0.4, 0.5) is 18.9 Å². The van der Waals surface area contributed by atoms with E-state index in [1.165, 1.54) is 0 Å². The highest BCUT2D eigenvalue weighted by Gasteiger charge is 2.36. The number of anilines is 1. The van der Waals surface area contributed by atoms with Crippen LogP contribution in [0.5, 0.6) is 0 Å². The number of rotatable bonds is 5. The van der Waals surface area contributed by atoms with Crippen LogP contribution < -0.4 is 5.73 Å². The third-order valence-corrected chi connectivity index (χ3v) is 5.56. The number of nitrogens with one attached hydrogen (secondary N) is 1. The quantitative estimate of drug-likeness (QED) is 0.694. The topological polar surface area (TPSA) is 84.2 Å². The van der Waals surface area contributed by atoms with E-state index in [0.29, 0.717) is 29.1 Å². The molecule has 0 atom stereocenters. The molecule has 158 valence electrons. The van der Waals surface area contributed by atoms with Crippen LogP contribution in [-0.4, -0.2) is 40.3 Å². The third kappa shape index (κ3) is 5.02. The second-order valence-electron chi connectivity index (χ2n) is 7.11. The number of halogens is 4. The summed E-state index contributed by atoms with van der Waals surface area (Å²) in [7, 11) is 1.64. The van der Waals surface area contributed by atoms with Gasteiger partial charge in [0.25, 0.3) is 5.91 Å². The van der Waals surface area contributed by atoms with E-state index in [9.17, 15) is 18.0 Å². The van der Waals surface area contributed by atoms with Crippen LogP contribution in [-0.2, 0) is 17.5 Å². The van der Waals surface area contributed by atoms with Crippen molar-refractivity contribution in [3.63, 3.8) is 0 Å². The smallest absolute Gasteiger partial charge is 0.399 e. The number of nitrogens with zero attached hydrogens (tertiary/aromatic N) is 2. The van der Waals surface area contributed by atoms with Crippen LogP contribution in [0.2, 0.25) is 5.02 Å². The Balaban J connectivity index is 1.88. The monoisotopic (exact) mass is 430 g/mol. The van der Waals surface area contributed by atoms with E-state index in [2.05, 4.69) is 10.2 Å². The third-order valence-electron chi connectivity index (χ3n) is 5.19. The minimum atomic E-state index is -4.63. The van der Waals surface area contributed by atoms with Crippen molar-refractivity contribution < 1.29 is 22.7 Å². The molecule has 0 aliphatic heterocycles. The Kier molecular flexibility index (Phi) is 6.38. The number of methoxy groups -OCH3 is 1. The standard InChI is InChI=1S/C19H22ClF3N4O2/c1-29-14-5-3-13(4-6-14)27(10-11-8-12(24)2-7-15(11)20)18(28)16-9-17(26-25-16)19(21,22)23/h2,7-9,13-14H,3-6,10,24H2,1H3,(H,25,26)/t13-,14-. The van der Waals surface area contributed by atoms with Gasteiger partial charge in [-0.3, -0.25) is 9.89 Å². The Morgan fingerprint density at radius 2 is 2.00 bits per heavy atom. The average Bonchev–Trinajstić information content (AvgIpc) is 3.19. The first-order chi connectivity index (χ1) is 13.7. The molecule has 1 saturated carbocycles. The van der Waals surface area contributed by atoms with E-state index >= 15 is 0 Å². The number of alkyl halides is 3. The minimum absolute atomic E-state index is 0.114. The number of aromatic nitrogens is 2. The van der Waals surface area contributed by atoms with E-state index in [1.54, 1.807) is 30.2 Å². The molecule has 29 heavy (non-hydrogen) atoms. The maximum atomic E-state index is 13.1. The summed E-state index contributed by atoms with van der Waals surface area (Å²) in [5.41, 5.74) is 5.60. The molecule has 1 fully saturated rings. The maximum Gasteiger partial charge on any atom is 0.435 e. The zero-order valence-corrected chi connectivity index (χ0v) is 16.6. The number of carbonyl (C=O) groups is 1. The Labute approximate surface area is 171 Å². The average molecular weight is 431 g/mol. The molecule has 0 unspecified atom stereocenters. The summed E-state index contributed by atoms with van der Waals surface area (Å²) >= 11 is 6.26. The van der Waals surface area contributed by atoms with Gasteiger partial charge < -0.3 is 15.4 Å². The van der Waals surface area contributed by atoms with E-state index in [-0.39, 0.29) is 24.4 Å². The molecule has 1 aromatic carbocycles. The second-order valence-corrected chi connectivity index (χ2v) is 7.52. The van der Waals surface area contributed by atoms with Crippen molar-refractivity contribution in [1.29, 1.82) is 0 Å². The van der Waals surface area contributed by atoms with Gasteiger partial charge in [-0.15, -0.1) is 0 Å². The van der Waals surface area contributed by atoms with Gasteiger partial charge in [-0.25, -0.2) is 0 Å². The highest BCUT2D eigenvalue weighted by molar-refractivity contribution is 6.31. The zero-order chi connectivity index (χ0) is 21.2. The Morgan fingerprint density at radius 3 is 2.59 bits per heavy atom. The van der Waals surface area contributed by atoms with Crippen molar-refractivity contribution in [2.45, 2.75) is 50.6 Å². The predicted molar refractivity (Wildman–Crippen MR) is 102 cm³/mol. The summed E-state index contributed by atoms with van der Waals surface area (Å²) in [4.78, 5) is 14.7. The maximum absolute atomic E-state index is 13.1. The first-order valence-corrected chi connectivity index (χ1v) is 9.57. The predicted octanol–water partition coefficient (Wildman–Crippen LogP) is 4.26. The van der Waals surface area contributed by atoms with E-state index in [4.69, 9.17) is 22.1 Å². The van der Waals surface area contributed by atoms with Gasteiger partial charge in [0, 0.05) is 36.5 Å². The van der Waals surface area contributed by atoms with Gasteiger partial charge in [0.1, 0.15) is 5.69 Å². The summed E-state index contributed by atoms with van der Waals surface area (Å²) < 4.78 is 44.1. The van der Waals surface area contributed by atoms with Crippen molar-refractivity contribution >= 4 is 23.2 Å². The SMILES string of the molecule is CO[C@H]1CC[C@H](N(Cc2cc(N)ccc2Cl)C(=O)c2cc(C(F)(F)F)n[nH]2)CC1. The lowest BCUT2D eigenvalue weighted by atomic mass is 9.91. The van der Waals surface area contributed by atoms with Crippen LogP contribution in [0.25, 0.3) is 0 Å². The number of hydrogen-bond donors (Lipinski definition) is 2. The van der Waals surface area contributed by atoms with Gasteiger partial charge >= 0.3 is 6.18 Å². The molecule has 0 bridgehead atoms. The number of carbonyl (C=O) groups excluding carboxylic acids is 1. The van der Waals surface area contributed by atoms with E-state index in [0.717, 1.165) is 18.9 Å². The number of nitrogens with two attached hydrogens (primary N) is 1. The molecule has 1 aromatic heterocycles. The molecule has 2 aromatic rings. The molecule has 1 heterocycles.